The molecule has 8 aromatic rings. The van der Waals surface area contributed by atoms with Gasteiger partial charge in [-0.05, 0) is 74.3 Å². The summed E-state index contributed by atoms with van der Waals surface area (Å²) in [6.45, 7) is 0.982. The normalized spacial score (nSPS) is 22.7. The van der Waals surface area contributed by atoms with Gasteiger partial charge in [0.2, 0.25) is 16.3 Å². The Bertz CT molecular complexity index is 5300. The van der Waals surface area contributed by atoms with Crippen LogP contribution in [0.1, 0.15) is 158 Å². The van der Waals surface area contributed by atoms with Gasteiger partial charge in [-0.2, -0.15) is 0 Å². The molecule has 6 fully saturated rings. The number of piperidine rings is 3. The summed E-state index contributed by atoms with van der Waals surface area (Å²) in [6.07, 6.45) is 3.14. The average Bonchev–Trinajstić information content (AvgIpc) is 1.74. The molecule has 5 aromatic carbocycles. The number of carbonyl (C=O) groups excluding carboxylic acids is 6. The van der Waals surface area contributed by atoms with Crippen molar-refractivity contribution in [2.45, 2.75) is 175 Å². The lowest BCUT2D eigenvalue weighted by molar-refractivity contribution is 0.0308. The van der Waals surface area contributed by atoms with Crippen LogP contribution in [-0.2, 0) is 57.2 Å². The molecule has 0 radical (unpaired) electrons. The van der Waals surface area contributed by atoms with Crippen molar-refractivity contribution in [3.63, 3.8) is 0 Å². The molecule has 616 valence electrons. The molecule has 0 spiro atoms. The van der Waals surface area contributed by atoms with Crippen LogP contribution in [0.4, 0.5) is 52.7 Å². The van der Waals surface area contributed by atoms with Gasteiger partial charge in [-0.1, -0.05) is 82.9 Å². The van der Waals surface area contributed by atoms with E-state index in [0.29, 0.717) is 87.0 Å². The maximum Gasteiger partial charge on any atom is 0.343 e. The Balaban J connectivity index is 0.000000159. The number of nitrogens with one attached hydrogen (secondary N) is 2. The third-order valence-corrected chi connectivity index (χ3v) is 22.2. The number of aromatic nitrogens is 3. The quantitative estimate of drug-likeness (QED) is 0.0549. The predicted molar refractivity (Wildman–Crippen MR) is 395 cm³/mol. The smallest absolute Gasteiger partial charge is 0.343 e. The fourth-order valence-electron chi connectivity index (χ4n) is 17.0. The highest BCUT2D eigenvalue weighted by molar-refractivity contribution is 6.01. The summed E-state index contributed by atoms with van der Waals surface area (Å²) in [5.74, 6) is -15.7. The standard InChI is InChI=1S/C28H23F4N3O4.C23H23FN2O5.C21H17F4N3O4.C7H6F3N.3CH4/c29-16-8-19(30)17(20(31)9-16)10-33-27(37)18-11-34-12-23-15-6-21(32)22(7-15)35(23)28(38)24(34)26(25(18)36)39-13-14-4-2-1-3-5-14;1-2-30-23(29)15-10-25-11-18-14-8-16(24)17(9-14)26(18)22(28)19(25)21(20(15)27)31-12-13-6-4-3-5-7-13;22-9-3-12(23)10(13(24)4-9)5-26-20(31)11-6-27-7-16-8-1-14(25)15(2-8)28(16)21(32)17(27)19(30)18(11)29;8-4-1-6(9)5(3-11)7(10)2-4;;;/h1-5,8-9,11,15,21-23H,6-7,10,12-13H2,(H,33,37);3-7,10,14,16-18H,2,8-9,11-12H2,1H3;3-4,6,8,14-16,30H,1-2,5,7H2,(H,26,31);1-2H,3,11H2;3*1H4/t15-,21-,22?,23+;14-,16-,17?,18+;8-,14-,15?,16+;;;;/m000..../s1. The summed E-state index contributed by atoms with van der Waals surface area (Å²) < 4.78 is 184. The zero-order valence-electron chi connectivity index (χ0n) is 59.6. The molecule has 5 amide bonds. The second kappa shape index (κ2) is 34.4. The number of alkyl halides is 3. The minimum Gasteiger partial charge on any atom is -0.503 e. The van der Waals surface area contributed by atoms with Gasteiger partial charge in [0, 0.05) is 111 Å². The first-order valence-corrected chi connectivity index (χ1v) is 36.1. The minimum atomic E-state index is -1.21. The van der Waals surface area contributed by atoms with Crippen molar-refractivity contribution >= 4 is 35.5 Å². The summed E-state index contributed by atoms with van der Waals surface area (Å²) >= 11 is 0. The number of halogens is 12. The molecular formula is C82H81F12N9O13. The van der Waals surface area contributed by atoms with E-state index < -0.39 is 182 Å². The second-order valence-corrected chi connectivity index (χ2v) is 28.8. The van der Waals surface area contributed by atoms with E-state index in [1.165, 1.54) is 31.3 Å². The summed E-state index contributed by atoms with van der Waals surface area (Å²) in [4.78, 5) is 122. The van der Waals surface area contributed by atoms with E-state index in [2.05, 4.69) is 10.6 Å². The Labute approximate surface area is 655 Å². The first-order valence-electron chi connectivity index (χ1n) is 36.1. The lowest BCUT2D eigenvalue weighted by Gasteiger charge is -2.41. The summed E-state index contributed by atoms with van der Waals surface area (Å²) in [5, 5.41) is 14.9. The molecule has 3 saturated heterocycles. The van der Waals surface area contributed by atoms with Gasteiger partial charge in [0.25, 0.3) is 29.5 Å². The lowest BCUT2D eigenvalue weighted by Crippen LogP contribution is -2.55. The van der Waals surface area contributed by atoms with Crippen molar-refractivity contribution in [1.82, 2.24) is 39.0 Å². The molecule has 22 nitrogen and oxygen atoms in total. The van der Waals surface area contributed by atoms with Crippen LogP contribution in [0.25, 0.3) is 0 Å². The number of fused-ring (bicyclic) bond motifs is 18. The SMILES string of the molecule is C.C.C.CCOC(=O)c1cn2c(c(OCc3ccccc3)c1=O)C(=O)N1C3C[C@H](C[C@@H]3F)[C@H]1C2.NCc1c(F)cc(F)cc1F.O=C(NCc1c(F)cc(F)cc1F)c1cn2c(c(O)c1=O)C(=O)N1C3C[C@H](C[C@@H]3F)[C@H]1C2.O=C(NCc1c(F)cc(F)cc1F)c1cn2c(c(OCc3ccccc3)c1=O)C(=O)N1C3C[C@H](C[C@@H]3F)[C@H]1C2. The number of esters is 1. The van der Waals surface area contributed by atoms with Crippen LogP contribution >= 0.6 is 0 Å². The fraction of sp³-hybridized carbons (Fsp3) is 0.378. The molecular weight excluding hydrogens is 1550 g/mol. The highest BCUT2D eigenvalue weighted by Gasteiger charge is 2.59. The zero-order valence-corrected chi connectivity index (χ0v) is 59.6. The number of nitrogens with zero attached hydrogens (tertiary/aromatic N) is 6. The van der Waals surface area contributed by atoms with Crippen molar-refractivity contribution in [1.29, 1.82) is 0 Å². The molecule has 3 saturated carbocycles. The van der Waals surface area contributed by atoms with Gasteiger partial charge < -0.3 is 64.1 Å². The molecule has 116 heavy (non-hydrogen) atoms. The third kappa shape index (κ3) is 15.9. The number of carbonyl (C=O) groups is 6. The molecule has 17 rings (SSSR count). The number of rotatable bonds is 15. The maximum absolute atomic E-state index is 14.5. The Hall–Kier alpha value is -11.7. The number of hydrogen-bond acceptors (Lipinski definition) is 14. The van der Waals surface area contributed by atoms with Crippen molar-refractivity contribution in [2.24, 2.45) is 23.5 Å². The molecule has 6 bridgehead atoms. The lowest BCUT2D eigenvalue weighted by atomic mass is 9.95. The van der Waals surface area contributed by atoms with E-state index in [0.717, 1.165) is 11.8 Å². The summed E-state index contributed by atoms with van der Waals surface area (Å²) in [7, 11) is 0. The maximum atomic E-state index is 14.5. The number of aromatic hydroxyl groups is 1. The molecule has 3 aliphatic carbocycles. The van der Waals surface area contributed by atoms with Crippen molar-refractivity contribution < 1.29 is 101 Å². The highest BCUT2D eigenvalue weighted by Crippen LogP contribution is 2.50. The van der Waals surface area contributed by atoms with Crippen LogP contribution < -0.4 is 42.1 Å². The average molecular weight is 1630 g/mol. The molecule has 9 heterocycles. The number of pyridine rings is 3. The highest BCUT2D eigenvalue weighted by atomic mass is 19.2. The van der Waals surface area contributed by atoms with Gasteiger partial charge in [-0.15, -0.1) is 0 Å². The van der Waals surface area contributed by atoms with Crippen molar-refractivity contribution in [3.05, 3.63) is 260 Å². The first kappa shape index (κ1) is 85.2. The van der Waals surface area contributed by atoms with Gasteiger partial charge in [0.1, 0.15) is 101 Å². The van der Waals surface area contributed by atoms with Gasteiger partial charge >= 0.3 is 5.97 Å². The molecule has 34 heteroatoms. The summed E-state index contributed by atoms with van der Waals surface area (Å²) in [6, 6.07) is 18.8. The van der Waals surface area contributed by atoms with Crippen LogP contribution in [0.5, 0.6) is 17.2 Å². The van der Waals surface area contributed by atoms with E-state index in [9.17, 15) is 101 Å². The number of nitrogens with two attached hydrogens (primary N) is 1. The molecule has 12 atom stereocenters. The molecule has 6 aliphatic heterocycles. The molecule has 3 unspecified atom stereocenters. The Kier molecular flexibility index (Phi) is 25.2. The van der Waals surface area contributed by atoms with Gasteiger partial charge in [-0.3, -0.25) is 38.4 Å². The van der Waals surface area contributed by atoms with E-state index in [1.807, 2.05) is 30.3 Å². The number of benzene rings is 5. The topological polar surface area (TPSA) is 276 Å². The second-order valence-electron chi connectivity index (χ2n) is 28.8. The Morgan fingerprint density at radius 3 is 1.12 bits per heavy atom. The Morgan fingerprint density at radius 1 is 0.448 bits per heavy atom. The van der Waals surface area contributed by atoms with E-state index in [4.69, 9.17) is 19.9 Å². The van der Waals surface area contributed by atoms with Gasteiger partial charge in [0.15, 0.2) is 34.3 Å². The molecule has 3 aromatic heterocycles. The van der Waals surface area contributed by atoms with Crippen LogP contribution in [0.3, 0.4) is 0 Å². The van der Waals surface area contributed by atoms with Gasteiger partial charge in [0.05, 0.1) is 42.9 Å². The van der Waals surface area contributed by atoms with Crippen molar-refractivity contribution in [3.8, 4) is 17.2 Å². The monoisotopic (exact) mass is 1630 g/mol. The fourth-order valence-corrected chi connectivity index (χ4v) is 17.0. The van der Waals surface area contributed by atoms with Crippen LogP contribution in [0, 0.1) is 70.1 Å². The number of hydrogen-bond donors (Lipinski definition) is 4. The molecule has 9 aliphatic rings. The third-order valence-electron chi connectivity index (χ3n) is 22.2. The minimum absolute atomic E-state index is 0. The Morgan fingerprint density at radius 2 is 0.767 bits per heavy atom. The summed E-state index contributed by atoms with van der Waals surface area (Å²) in [5.41, 5.74) is 0.949. The van der Waals surface area contributed by atoms with Crippen LogP contribution in [0.2, 0.25) is 0 Å². The number of ether oxygens (including phenoxy) is 3. The largest absolute Gasteiger partial charge is 0.503 e. The van der Waals surface area contributed by atoms with Crippen LogP contribution in [0.15, 0.2) is 130 Å². The molecule has 5 N–H and O–H groups in total. The number of amides is 5. The zero-order chi connectivity index (χ0) is 80.4. The van der Waals surface area contributed by atoms with E-state index in [1.54, 1.807) is 46.7 Å². The van der Waals surface area contributed by atoms with E-state index >= 15 is 0 Å². The van der Waals surface area contributed by atoms with Crippen molar-refractivity contribution in [2.75, 3.05) is 6.61 Å². The van der Waals surface area contributed by atoms with Crippen LogP contribution in [-0.4, -0.2) is 130 Å². The van der Waals surface area contributed by atoms with Gasteiger partial charge in [-0.25, -0.2) is 57.5 Å². The predicted octanol–water partition coefficient (Wildman–Crippen LogP) is 11.6. The van der Waals surface area contributed by atoms with E-state index in [-0.39, 0.29) is 137 Å². The first-order chi connectivity index (χ1) is 54.0.